The van der Waals surface area contributed by atoms with Crippen LogP contribution >= 0.6 is 0 Å². The summed E-state index contributed by atoms with van der Waals surface area (Å²) in [5.41, 5.74) is 7.51. The molecule has 1 aromatic carbocycles. The molecule has 1 aromatic heterocycles. The van der Waals surface area contributed by atoms with Crippen LogP contribution in [0.4, 0.5) is 18.9 Å². The van der Waals surface area contributed by atoms with Gasteiger partial charge in [-0.3, -0.25) is 4.68 Å². The fourth-order valence-electron chi connectivity index (χ4n) is 1.97. The van der Waals surface area contributed by atoms with E-state index in [9.17, 15) is 13.2 Å². The quantitative estimate of drug-likeness (QED) is 0.877. The normalized spacial score (nSPS) is 11.9. The van der Waals surface area contributed by atoms with E-state index in [4.69, 9.17) is 10.5 Å². The molecular formula is C14H16F3N3O. The summed E-state index contributed by atoms with van der Waals surface area (Å²) >= 11 is 0. The highest BCUT2D eigenvalue weighted by Gasteiger charge is 2.28. The Hall–Kier alpha value is -2.18. The Bertz CT molecular complexity index is 620. The highest BCUT2D eigenvalue weighted by molar-refractivity contribution is 5.67. The van der Waals surface area contributed by atoms with Crippen molar-refractivity contribution in [2.75, 3.05) is 12.3 Å². The summed E-state index contributed by atoms with van der Waals surface area (Å²) in [6, 6.07) is 6.47. The van der Waals surface area contributed by atoms with Crippen molar-refractivity contribution in [3.8, 4) is 17.0 Å². The van der Waals surface area contributed by atoms with Crippen LogP contribution in [0.1, 0.15) is 19.9 Å². The van der Waals surface area contributed by atoms with Crippen LogP contribution in [0.5, 0.6) is 5.75 Å². The van der Waals surface area contributed by atoms with E-state index in [1.807, 2.05) is 13.8 Å². The van der Waals surface area contributed by atoms with Gasteiger partial charge in [-0.15, -0.1) is 0 Å². The Morgan fingerprint density at radius 3 is 2.62 bits per heavy atom. The second-order valence-corrected chi connectivity index (χ2v) is 4.95. The van der Waals surface area contributed by atoms with Crippen LogP contribution in [-0.4, -0.2) is 22.6 Å². The highest BCUT2D eigenvalue weighted by Crippen LogP contribution is 2.29. The number of aromatic nitrogens is 2. The molecule has 1 heterocycles. The predicted molar refractivity (Wildman–Crippen MR) is 74.0 cm³/mol. The average molecular weight is 299 g/mol. The van der Waals surface area contributed by atoms with E-state index in [2.05, 4.69) is 5.10 Å². The molecule has 4 nitrogen and oxygen atoms in total. The molecule has 7 heteroatoms. The highest BCUT2D eigenvalue weighted by atomic mass is 19.4. The second kappa shape index (κ2) is 5.67. The summed E-state index contributed by atoms with van der Waals surface area (Å²) in [7, 11) is 0. The average Bonchev–Trinajstić information content (AvgIpc) is 2.84. The maximum atomic E-state index is 12.2. The minimum atomic E-state index is -4.38. The second-order valence-electron chi connectivity index (χ2n) is 4.95. The Morgan fingerprint density at radius 2 is 2.00 bits per heavy atom. The van der Waals surface area contributed by atoms with E-state index in [0.29, 0.717) is 11.3 Å². The molecular weight excluding hydrogens is 283 g/mol. The van der Waals surface area contributed by atoms with E-state index in [1.165, 1.54) is 12.1 Å². The number of anilines is 1. The molecule has 2 rings (SSSR count). The van der Waals surface area contributed by atoms with Gasteiger partial charge in [0.2, 0.25) is 0 Å². The number of halogens is 3. The maximum Gasteiger partial charge on any atom is 0.422 e. The third-order valence-electron chi connectivity index (χ3n) is 2.79. The molecule has 0 aliphatic heterocycles. The lowest BCUT2D eigenvalue weighted by atomic mass is 10.1. The van der Waals surface area contributed by atoms with E-state index < -0.39 is 12.8 Å². The molecule has 0 saturated heterocycles. The van der Waals surface area contributed by atoms with Crippen LogP contribution < -0.4 is 10.5 Å². The van der Waals surface area contributed by atoms with Gasteiger partial charge in [0.15, 0.2) is 6.61 Å². The minimum Gasteiger partial charge on any atom is -0.484 e. The standard InChI is InChI=1S/C14H16F3N3O/c1-9(2)20-13(3-4-19-20)10-5-11(18)7-12(6-10)21-8-14(15,16)17/h3-7,9H,8,18H2,1-2H3. The molecule has 2 N–H and O–H groups in total. The lowest BCUT2D eigenvalue weighted by Gasteiger charge is -2.14. The fourth-order valence-corrected chi connectivity index (χ4v) is 1.97. The number of hydrogen-bond acceptors (Lipinski definition) is 3. The van der Waals surface area contributed by atoms with Gasteiger partial charge in [0.05, 0.1) is 5.69 Å². The van der Waals surface area contributed by atoms with Gasteiger partial charge in [-0.2, -0.15) is 18.3 Å². The Balaban J connectivity index is 2.32. The molecule has 0 amide bonds. The van der Waals surface area contributed by atoms with Crippen molar-refractivity contribution in [2.45, 2.75) is 26.1 Å². The zero-order chi connectivity index (χ0) is 15.6. The van der Waals surface area contributed by atoms with Crippen molar-refractivity contribution in [1.29, 1.82) is 0 Å². The first-order valence-corrected chi connectivity index (χ1v) is 6.40. The monoisotopic (exact) mass is 299 g/mol. The van der Waals surface area contributed by atoms with Crippen molar-refractivity contribution in [3.63, 3.8) is 0 Å². The van der Waals surface area contributed by atoms with Gasteiger partial charge in [0.25, 0.3) is 0 Å². The van der Waals surface area contributed by atoms with Crippen LogP contribution in [0.3, 0.4) is 0 Å². The molecule has 0 atom stereocenters. The Morgan fingerprint density at radius 1 is 1.29 bits per heavy atom. The van der Waals surface area contributed by atoms with Crippen LogP contribution in [0.2, 0.25) is 0 Å². The largest absolute Gasteiger partial charge is 0.484 e. The lowest BCUT2D eigenvalue weighted by molar-refractivity contribution is -0.153. The predicted octanol–water partition coefficient (Wildman–Crippen LogP) is 3.65. The van der Waals surface area contributed by atoms with Crippen LogP contribution in [0.25, 0.3) is 11.3 Å². The van der Waals surface area contributed by atoms with Crippen molar-refractivity contribution < 1.29 is 17.9 Å². The zero-order valence-corrected chi connectivity index (χ0v) is 11.7. The Labute approximate surface area is 120 Å². The summed E-state index contributed by atoms with van der Waals surface area (Å²) in [5, 5.41) is 4.19. The van der Waals surface area contributed by atoms with E-state index in [-0.39, 0.29) is 11.8 Å². The Kier molecular flexibility index (Phi) is 4.11. The number of nitrogens with zero attached hydrogens (tertiary/aromatic N) is 2. The van der Waals surface area contributed by atoms with Crippen LogP contribution in [0, 0.1) is 0 Å². The third kappa shape index (κ3) is 3.90. The fraction of sp³-hybridized carbons (Fsp3) is 0.357. The first-order valence-electron chi connectivity index (χ1n) is 6.40. The zero-order valence-electron chi connectivity index (χ0n) is 11.7. The first-order chi connectivity index (χ1) is 9.76. The van der Waals surface area contributed by atoms with E-state index in [1.54, 1.807) is 23.0 Å². The van der Waals surface area contributed by atoms with E-state index in [0.717, 1.165) is 5.69 Å². The third-order valence-corrected chi connectivity index (χ3v) is 2.79. The summed E-state index contributed by atoms with van der Waals surface area (Å²) < 4.78 is 43.2. The van der Waals surface area contributed by atoms with Crippen molar-refractivity contribution >= 4 is 5.69 Å². The van der Waals surface area contributed by atoms with Gasteiger partial charge in [0, 0.05) is 29.6 Å². The first kappa shape index (κ1) is 15.2. The van der Waals surface area contributed by atoms with E-state index >= 15 is 0 Å². The van der Waals surface area contributed by atoms with Crippen molar-refractivity contribution in [1.82, 2.24) is 9.78 Å². The molecule has 0 fully saturated rings. The number of nitrogen functional groups attached to an aromatic ring is 1. The van der Waals surface area contributed by atoms with Gasteiger partial charge in [0.1, 0.15) is 5.75 Å². The molecule has 2 aromatic rings. The summed E-state index contributed by atoms with van der Waals surface area (Å²) in [6.07, 6.45) is -2.75. The molecule has 0 aliphatic carbocycles. The van der Waals surface area contributed by atoms with Crippen LogP contribution in [0.15, 0.2) is 30.5 Å². The summed E-state index contributed by atoms with van der Waals surface area (Å²) in [5.74, 6) is 0.0823. The molecule has 0 saturated carbocycles. The van der Waals surface area contributed by atoms with Gasteiger partial charge in [-0.25, -0.2) is 0 Å². The van der Waals surface area contributed by atoms with Crippen molar-refractivity contribution in [2.24, 2.45) is 0 Å². The molecule has 0 spiro atoms. The molecule has 21 heavy (non-hydrogen) atoms. The molecule has 0 bridgehead atoms. The van der Waals surface area contributed by atoms with Crippen molar-refractivity contribution in [3.05, 3.63) is 30.5 Å². The molecule has 0 aliphatic rings. The summed E-state index contributed by atoms with van der Waals surface area (Å²) in [4.78, 5) is 0. The topological polar surface area (TPSA) is 53.1 Å². The molecule has 0 unspecified atom stereocenters. The lowest BCUT2D eigenvalue weighted by Crippen LogP contribution is -2.19. The maximum absolute atomic E-state index is 12.2. The number of ether oxygens (including phenoxy) is 1. The number of alkyl halides is 3. The smallest absolute Gasteiger partial charge is 0.422 e. The number of benzene rings is 1. The van der Waals surface area contributed by atoms with Gasteiger partial charge in [-0.1, -0.05) is 0 Å². The van der Waals surface area contributed by atoms with Gasteiger partial charge < -0.3 is 10.5 Å². The summed E-state index contributed by atoms with van der Waals surface area (Å²) in [6.45, 7) is 2.58. The van der Waals surface area contributed by atoms with Gasteiger partial charge in [-0.05, 0) is 32.0 Å². The molecule has 114 valence electrons. The number of hydrogen-bond donors (Lipinski definition) is 1. The van der Waals surface area contributed by atoms with Gasteiger partial charge >= 0.3 is 6.18 Å². The SMILES string of the molecule is CC(C)n1nccc1-c1cc(N)cc(OCC(F)(F)F)c1. The number of rotatable bonds is 4. The minimum absolute atomic E-state index is 0.0823. The molecule has 0 radical (unpaired) electrons. The number of nitrogens with two attached hydrogens (primary N) is 1. The van der Waals surface area contributed by atoms with Crippen LogP contribution in [-0.2, 0) is 0 Å².